The molecule has 0 bridgehead atoms. The third kappa shape index (κ3) is 2.89. The summed E-state index contributed by atoms with van der Waals surface area (Å²) in [5.74, 6) is 0. The highest BCUT2D eigenvalue weighted by molar-refractivity contribution is 7.17. The van der Waals surface area contributed by atoms with Crippen LogP contribution in [0.4, 0.5) is 0 Å². The largest absolute Gasteiger partial charge is 0.294 e. The molecule has 0 unspecified atom stereocenters. The standard InChI is InChI=1S/C21H18N2OS/c1-14-8-9-15(2)17(10-14)11-23-13-22-19-18(12-25-20(19)21(23)24)16-6-4-3-5-7-16/h3-10,12-13H,11H2,1-2H3. The Morgan fingerprint density at radius 1 is 1.08 bits per heavy atom. The fraction of sp³-hybridized carbons (Fsp3) is 0.143. The second kappa shape index (κ2) is 6.30. The van der Waals surface area contributed by atoms with E-state index in [9.17, 15) is 4.79 Å². The molecule has 0 saturated carbocycles. The smallest absolute Gasteiger partial charge is 0.271 e. The van der Waals surface area contributed by atoms with Crippen LogP contribution in [0.25, 0.3) is 21.3 Å². The molecule has 0 atom stereocenters. The number of benzene rings is 2. The maximum Gasteiger partial charge on any atom is 0.271 e. The van der Waals surface area contributed by atoms with E-state index in [4.69, 9.17) is 0 Å². The number of thiophene rings is 1. The van der Waals surface area contributed by atoms with Gasteiger partial charge in [0.1, 0.15) is 4.70 Å². The summed E-state index contributed by atoms with van der Waals surface area (Å²) < 4.78 is 2.42. The highest BCUT2D eigenvalue weighted by atomic mass is 32.1. The predicted molar refractivity (Wildman–Crippen MR) is 104 cm³/mol. The molecule has 4 aromatic rings. The summed E-state index contributed by atoms with van der Waals surface area (Å²) in [6, 6.07) is 16.4. The number of nitrogens with zero attached hydrogens (tertiary/aromatic N) is 2. The maximum absolute atomic E-state index is 12.9. The lowest BCUT2D eigenvalue weighted by Gasteiger charge is -2.09. The Bertz CT molecular complexity index is 1110. The Kier molecular flexibility index (Phi) is 3.98. The number of rotatable bonds is 3. The third-order valence-electron chi connectivity index (χ3n) is 4.48. The monoisotopic (exact) mass is 346 g/mol. The van der Waals surface area contributed by atoms with E-state index >= 15 is 0 Å². The number of aryl methyl sites for hydroxylation is 2. The van der Waals surface area contributed by atoms with E-state index in [0.29, 0.717) is 11.2 Å². The van der Waals surface area contributed by atoms with Gasteiger partial charge in [-0.25, -0.2) is 4.98 Å². The van der Waals surface area contributed by atoms with Crippen LogP contribution in [0.5, 0.6) is 0 Å². The summed E-state index contributed by atoms with van der Waals surface area (Å²) in [6.07, 6.45) is 1.67. The molecule has 0 spiro atoms. The highest BCUT2D eigenvalue weighted by Gasteiger charge is 2.13. The van der Waals surface area contributed by atoms with E-state index in [0.717, 1.165) is 22.2 Å². The first kappa shape index (κ1) is 15.8. The Morgan fingerprint density at radius 2 is 1.88 bits per heavy atom. The molecule has 2 aromatic heterocycles. The van der Waals surface area contributed by atoms with Crippen molar-refractivity contribution in [1.29, 1.82) is 0 Å². The fourth-order valence-corrected chi connectivity index (χ4v) is 4.01. The van der Waals surface area contributed by atoms with Crippen molar-refractivity contribution in [2.24, 2.45) is 0 Å². The van der Waals surface area contributed by atoms with Crippen molar-refractivity contribution in [3.8, 4) is 11.1 Å². The minimum atomic E-state index is 0.0260. The van der Waals surface area contributed by atoms with Crippen LogP contribution >= 0.6 is 11.3 Å². The molecule has 124 valence electrons. The zero-order valence-corrected chi connectivity index (χ0v) is 15.0. The summed E-state index contributed by atoms with van der Waals surface area (Å²) in [5, 5.41) is 2.02. The summed E-state index contributed by atoms with van der Waals surface area (Å²) in [4.78, 5) is 17.5. The van der Waals surface area contributed by atoms with Crippen LogP contribution in [0, 0.1) is 13.8 Å². The van der Waals surface area contributed by atoms with Crippen LogP contribution in [-0.4, -0.2) is 9.55 Å². The van der Waals surface area contributed by atoms with Gasteiger partial charge < -0.3 is 0 Å². The minimum Gasteiger partial charge on any atom is -0.294 e. The molecule has 3 nitrogen and oxygen atoms in total. The summed E-state index contributed by atoms with van der Waals surface area (Å²) in [5.41, 5.74) is 6.48. The highest BCUT2D eigenvalue weighted by Crippen LogP contribution is 2.30. The summed E-state index contributed by atoms with van der Waals surface area (Å²) >= 11 is 1.47. The molecule has 0 radical (unpaired) electrons. The molecule has 2 heterocycles. The Labute approximate surface area is 150 Å². The fourth-order valence-electron chi connectivity index (χ4n) is 3.03. The normalized spacial score (nSPS) is 11.1. The van der Waals surface area contributed by atoms with Gasteiger partial charge in [0.05, 0.1) is 18.4 Å². The quantitative estimate of drug-likeness (QED) is 0.534. The van der Waals surface area contributed by atoms with Crippen LogP contribution in [0.15, 0.2) is 65.0 Å². The van der Waals surface area contributed by atoms with E-state index < -0.39 is 0 Å². The van der Waals surface area contributed by atoms with Gasteiger partial charge in [-0.2, -0.15) is 0 Å². The Hall–Kier alpha value is -2.72. The number of hydrogen-bond acceptors (Lipinski definition) is 3. The molecular weight excluding hydrogens is 328 g/mol. The van der Waals surface area contributed by atoms with Gasteiger partial charge in [-0.3, -0.25) is 9.36 Å². The first-order valence-corrected chi connectivity index (χ1v) is 9.09. The molecule has 0 aliphatic heterocycles. The average Bonchev–Trinajstić information content (AvgIpc) is 3.06. The van der Waals surface area contributed by atoms with E-state index in [2.05, 4.69) is 37.0 Å². The average molecular weight is 346 g/mol. The van der Waals surface area contributed by atoms with Gasteiger partial charge in [-0.1, -0.05) is 54.1 Å². The van der Waals surface area contributed by atoms with Crippen LogP contribution < -0.4 is 5.56 Å². The SMILES string of the molecule is Cc1ccc(C)c(Cn2cnc3c(-c4ccccc4)csc3c2=O)c1. The van der Waals surface area contributed by atoms with E-state index in [1.54, 1.807) is 10.9 Å². The van der Waals surface area contributed by atoms with Crippen molar-refractivity contribution >= 4 is 21.6 Å². The molecule has 0 fully saturated rings. The topological polar surface area (TPSA) is 34.9 Å². The lowest BCUT2D eigenvalue weighted by molar-refractivity contribution is 0.745. The Balaban J connectivity index is 1.79. The first-order chi connectivity index (χ1) is 12.1. The second-order valence-corrected chi connectivity index (χ2v) is 7.18. The molecular formula is C21H18N2OS. The number of fused-ring (bicyclic) bond motifs is 1. The molecule has 0 amide bonds. The van der Waals surface area contributed by atoms with Gasteiger partial charge in [0.2, 0.25) is 0 Å². The van der Waals surface area contributed by atoms with E-state index in [1.165, 1.54) is 22.5 Å². The third-order valence-corrected chi connectivity index (χ3v) is 5.43. The van der Waals surface area contributed by atoms with Crippen LogP contribution in [0.1, 0.15) is 16.7 Å². The van der Waals surface area contributed by atoms with Crippen molar-refractivity contribution in [1.82, 2.24) is 9.55 Å². The van der Waals surface area contributed by atoms with Crippen LogP contribution in [0.2, 0.25) is 0 Å². The van der Waals surface area contributed by atoms with Gasteiger partial charge in [0, 0.05) is 10.9 Å². The molecule has 4 heteroatoms. The Morgan fingerprint density at radius 3 is 2.68 bits per heavy atom. The molecule has 2 aromatic carbocycles. The lowest BCUT2D eigenvalue weighted by Crippen LogP contribution is -2.20. The number of hydrogen-bond donors (Lipinski definition) is 0. The van der Waals surface area contributed by atoms with Gasteiger partial charge in [-0.15, -0.1) is 11.3 Å². The van der Waals surface area contributed by atoms with Crippen LogP contribution in [0.3, 0.4) is 0 Å². The van der Waals surface area contributed by atoms with Gasteiger partial charge >= 0.3 is 0 Å². The molecule has 0 aliphatic carbocycles. The number of aromatic nitrogens is 2. The molecule has 0 N–H and O–H groups in total. The van der Waals surface area contributed by atoms with E-state index in [-0.39, 0.29) is 5.56 Å². The van der Waals surface area contributed by atoms with E-state index in [1.807, 2.05) is 35.7 Å². The minimum absolute atomic E-state index is 0.0260. The van der Waals surface area contributed by atoms with Crippen molar-refractivity contribution in [3.05, 3.63) is 87.3 Å². The van der Waals surface area contributed by atoms with Crippen molar-refractivity contribution < 1.29 is 0 Å². The van der Waals surface area contributed by atoms with Gasteiger partial charge in [-0.05, 0) is 30.5 Å². The maximum atomic E-state index is 12.9. The molecule has 0 aliphatic rings. The van der Waals surface area contributed by atoms with Crippen LogP contribution in [-0.2, 0) is 6.54 Å². The zero-order valence-electron chi connectivity index (χ0n) is 14.2. The second-order valence-electron chi connectivity index (χ2n) is 6.30. The molecule has 4 rings (SSSR count). The molecule has 0 saturated heterocycles. The van der Waals surface area contributed by atoms with Crippen molar-refractivity contribution in [2.45, 2.75) is 20.4 Å². The first-order valence-electron chi connectivity index (χ1n) is 8.21. The lowest BCUT2D eigenvalue weighted by atomic mass is 10.1. The predicted octanol–water partition coefficient (Wildman–Crippen LogP) is 4.79. The van der Waals surface area contributed by atoms with Crippen molar-refractivity contribution in [2.75, 3.05) is 0 Å². The summed E-state index contributed by atoms with van der Waals surface area (Å²) in [6.45, 7) is 4.69. The summed E-state index contributed by atoms with van der Waals surface area (Å²) in [7, 11) is 0. The zero-order chi connectivity index (χ0) is 17.4. The van der Waals surface area contributed by atoms with Gasteiger partial charge in [0.15, 0.2) is 0 Å². The van der Waals surface area contributed by atoms with Gasteiger partial charge in [0.25, 0.3) is 5.56 Å². The molecule has 25 heavy (non-hydrogen) atoms. The van der Waals surface area contributed by atoms with Crippen molar-refractivity contribution in [3.63, 3.8) is 0 Å².